The molecule has 0 saturated heterocycles. The fourth-order valence-electron chi connectivity index (χ4n) is 2.55. The number of aliphatic hydroxyl groups is 1. The predicted octanol–water partition coefficient (Wildman–Crippen LogP) is 2.83. The van der Waals surface area contributed by atoms with Crippen LogP contribution in [0.1, 0.15) is 46.5 Å². The lowest BCUT2D eigenvalue weighted by Gasteiger charge is -2.23. The van der Waals surface area contributed by atoms with E-state index in [-0.39, 0.29) is 6.10 Å². The Morgan fingerprint density at radius 1 is 1.25 bits per heavy atom. The second-order valence-electron chi connectivity index (χ2n) is 4.77. The monoisotopic (exact) mass is 170 g/mol. The lowest BCUT2D eigenvalue weighted by Crippen LogP contribution is -2.21. The number of rotatable bonds is 3. The van der Waals surface area contributed by atoms with Gasteiger partial charge >= 0.3 is 0 Å². The first-order valence-electron chi connectivity index (χ1n) is 5.29. The summed E-state index contributed by atoms with van der Waals surface area (Å²) in [5, 5.41) is 9.67. The highest BCUT2D eigenvalue weighted by Crippen LogP contribution is 2.34. The molecule has 1 nitrogen and oxygen atoms in total. The second-order valence-corrected chi connectivity index (χ2v) is 4.77. The fraction of sp³-hybridized carbons (Fsp3) is 1.00. The maximum absolute atomic E-state index is 9.67. The maximum atomic E-state index is 9.67. The molecule has 1 rings (SSSR count). The SMILES string of the molecule is CC(C)CC(C)[C@@H]1CCC[C@H]1O. The summed E-state index contributed by atoms with van der Waals surface area (Å²) in [7, 11) is 0. The van der Waals surface area contributed by atoms with Gasteiger partial charge < -0.3 is 5.11 Å². The van der Waals surface area contributed by atoms with Crippen LogP contribution in [0.2, 0.25) is 0 Å². The van der Waals surface area contributed by atoms with Gasteiger partial charge in [0.1, 0.15) is 0 Å². The van der Waals surface area contributed by atoms with Crippen LogP contribution < -0.4 is 0 Å². The van der Waals surface area contributed by atoms with Crippen molar-refractivity contribution >= 4 is 0 Å². The van der Waals surface area contributed by atoms with E-state index in [1.165, 1.54) is 19.3 Å². The zero-order chi connectivity index (χ0) is 9.14. The average Bonchev–Trinajstić information content (AvgIpc) is 2.33. The van der Waals surface area contributed by atoms with Crippen LogP contribution in [0.4, 0.5) is 0 Å². The molecule has 1 saturated carbocycles. The van der Waals surface area contributed by atoms with Crippen LogP contribution in [-0.2, 0) is 0 Å². The Hall–Kier alpha value is -0.0400. The molecular weight excluding hydrogens is 148 g/mol. The minimum absolute atomic E-state index is 0.00116. The van der Waals surface area contributed by atoms with Crippen molar-refractivity contribution in [3.05, 3.63) is 0 Å². The van der Waals surface area contributed by atoms with E-state index in [2.05, 4.69) is 20.8 Å². The van der Waals surface area contributed by atoms with E-state index >= 15 is 0 Å². The van der Waals surface area contributed by atoms with Gasteiger partial charge in [0.2, 0.25) is 0 Å². The van der Waals surface area contributed by atoms with E-state index in [1.54, 1.807) is 0 Å². The van der Waals surface area contributed by atoms with Gasteiger partial charge in [0.25, 0.3) is 0 Å². The molecule has 3 atom stereocenters. The van der Waals surface area contributed by atoms with Gasteiger partial charge in [0, 0.05) is 0 Å². The molecule has 0 aliphatic heterocycles. The molecule has 1 aliphatic rings. The van der Waals surface area contributed by atoms with E-state index in [1.807, 2.05) is 0 Å². The van der Waals surface area contributed by atoms with Crippen LogP contribution in [0.3, 0.4) is 0 Å². The van der Waals surface area contributed by atoms with Gasteiger partial charge in [0.05, 0.1) is 6.10 Å². The van der Waals surface area contributed by atoms with Crippen LogP contribution >= 0.6 is 0 Å². The Morgan fingerprint density at radius 3 is 2.33 bits per heavy atom. The first-order valence-corrected chi connectivity index (χ1v) is 5.29. The number of aliphatic hydroxyl groups excluding tert-OH is 1. The number of hydrogen-bond acceptors (Lipinski definition) is 1. The molecule has 1 N–H and O–H groups in total. The van der Waals surface area contributed by atoms with Gasteiger partial charge in [-0.05, 0) is 37.0 Å². The minimum atomic E-state index is -0.00116. The fourth-order valence-corrected chi connectivity index (χ4v) is 2.55. The van der Waals surface area contributed by atoms with Gasteiger partial charge in [-0.1, -0.05) is 27.2 Å². The van der Waals surface area contributed by atoms with E-state index in [9.17, 15) is 5.11 Å². The Balaban J connectivity index is 2.35. The van der Waals surface area contributed by atoms with Crippen molar-refractivity contribution in [2.24, 2.45) is 17.8 Å². The molecule has 0 bridgehead atoms. The Bertz CT molecular complexity index is 131. The smallest absolute Gasteiger partial charge is 0.0570 e. The third-order valence-electron chi connectivity index (χ3n) is 3.11. The van der Waals surface area contributed by atoms with Crippen molar-refractivity contribution in [3.8, 4) is 0 Å². The summed E-state index contributed by atoms with van der Waals surface area (Å²) in [6.07, 6.45) is 4.77. The van der Waals surface area contributed by atoms with E-state index in [4.69, 9.17) is 0 Å². The van der Waals surface area contributed by atoms with Crippen molar-refractivity contribution in [2.45, 2.75) is 52.6 Å². The lowest BCUT2D eigenvalue weighted by atomic mass is 9.85. The standard InChI is InChI=1S/C11H22O/c1-8(2)7-9(3)10-5-4-6-11(10)12/h8-12H,4-7H2,1-3H3/t9?,10-,11+/m0/s1. The molecular formula is C11H22O. The van der Waals surface area contributed by atoms with E-state index < -0.39 is 0 Å². The summed E-state index contributed by atoms with van der Waals surface area (Å²) in [6, 6.07) is 0. The van der Waals surface area contributed by atoms with Gasteiger partial charge in [-0.3, -0.25) is 0 Å². The summed E-state index contributed by atoms with van der Waals surface area (Å²) in [4.78, 5) is 0. The maximum Gasteiger partial charge on any atom is 0.0570 e. The molecule has 72 valence electrons. The van der Waals surface area contributed by atoms with E-state index in [0.717, 1.165) is 12.3 Å². The lowest BCUT2D eigenvalue weighted by molar-refractivity contribution is 0.0960. The highest BCUT2D eigenvalue weighted by molar-refractivity contribution is 4.80. The largest absolute Gasteiger partial charge is 0.393 e. The quantitative estimate of drug-likeness (QED) is 0.690. The highest BCUT2D eigenvalue weighted by atomic mass is 16.3. The molecule has 1 unspecified atom stereocenters. The zero-order valence-corrected chi connectivity index (χ0v) is 8.59. The van der Waals surface area contributed by atoms with Crippen molar-refractivity contribution in [3.63, 3.8) is 0 Å². The van der Waals surface area contributed by atoms with Crippen LogP contribution in [0.5, 0.6) is 0 Å². The molecule has 0 aromatic heterocycles. The summed E-state index contributed by atoms with van der Waals surface area (Å²) in [5.74, 6) is 2.07. The summed E-state index contributed by atoms with van der Waals surface area (Å²) in [5.41, 5.74) is 0. The van der Waals surface area contributed by atoms with Crippen LogP contribution in [0.15, 0.2) is 0 Å². The summed E-state index contributed by atoms with van der Waals surface area (Å²) >= 11 is 0. The van der Waals surface area contributed by atoms with E-state index in [0.29, 0.717) is 11.8 Å². The molecule has 1 aliphatic carbocycles. The molecule has 0 amide bonds. The van der Waals surface area contributed by atoms with Crippen LogP contribution in [0, 0.1) is 17.8 Å². The summed E-state index contributed by atoms with van der Waals surface area (Å²) in [6.45, 7) is 6.81. The van der Waals surface area contributed by atoms with Crippen molar-refractivity contribution in [1.29, 1.82) is 0 Å². The molecule has 0 radical (unpaired) electrons. The van der Waals surface area contributed by atoms with Crippen molar-refractivity contribution < 1.29 is 5.11 Å². The van der Waals surface area contributed by atoms with Crippen molar-refractivity contribution in [1.82, 2.24) is 0 Å². The topological polar surface area (TPSA) is 20.2 Å². The van der Waals surface area contributed by atoms with Gasteiger partial charge in [-0.25, -0.2) is 0 Å². The first-order chi connectivity index (χ1) is 5.61. The molecule has 1 heteroatoms. The van der Waals surface area contributed by atoms with Gasteiger partial charge in [0.15, 0.2) is 0 Å². The normalized spacial score (nSPS) is 32.8. The zero-order valence-electron chi connectivity index (χ0n) is 8.59. The molecule has 0 aromatic rings. The third kappa shape index (κ3) is 2.48. The predicted molar refractivity (Wildman–Crippen MR) is 52.0 cm³/mol. The third-order valence-corrected chi connectivity index (χ3v) is 3.11. The molecule has 0 heterocycles. The number of hydrogen-bond donors (Lipinski definition) is 1. The average molecular weight is 170 g/mol. The van der Waals surface area contributed by atoms with Crippen LogP contribution in [-0.4, -0.2) is 11.2 Å². The molecule has 0 aromatic carbocycles. The Morgan fingerprint density at radius 2 is 1.92 bits per heavy atom. The molecule has 0 spiro atoms. The van der Waals surface area contributed by atoms with Crippen LogP contribution in [0.25, 0.3) is 0 Å². The Kier molecular flexibility index (Phi) is 3.57. The molecule has 12 heavy (non-hydrogen) atoms. The Labute approximate surface area is 76.2 Å². The molecule has 1 fully saturated rings. The second kappa shape index (κ2) is 4.27. The highest BCUT2D eigenvalue weighted by Gasteiger charge is 2.29. The van der Waals surface area contributed by atoms with Gasteiger partial charge in [-0.2, -0.15) is 0 Å². The van der Waals surface area contributed by atoms with Gasteiger partial charge in [-0.15, -0.1) is 0 Å². The first kappa shape index (κ1) is 10.0. The summed E-state index contributed by atoms with van der Waals surface area (Å²) < 4.78 is 0. The van der Waals surface area contributed by atoms with Crippen molar-refractivity contribution in [2.75, 3.05) is 0 Å². The minimum Gasteiger partial charge on any atom is -0.393 e.